The number of nitrogens with one attached hydrogen (secondary N) is 1. The minimum Gasteiger partial charge on any atom is -0.306 e. The lowest BCUT2D eigenvalue weighted by atomic mass is 10.1. The Morgan fingerprint density at radius 1 is 1.17 bits per heavy atom. The van der Waals surface area contributed by atoms with Crippen molar-refractivity contribution in [2.45, 2.75) is 12.8 Å². The van der Waals surface area contributed by atoms with Crippen LogP contribution in [0, 0.1) is 0 Å². The zero-order valence-corrected chi connectivity index (χ0v) is 16.5. The molecule has 0 saturated carbocycles. The van der Waals surface area contributed by atoms with Crippen LogP contribution < -0.4 is 10.2 Å². The Kier molecular flexibility index (Phi) is 4.10. The van der Waals surface area contributed by atoms with Crippen LogP contribution in [0.4, 0.5) is 16.2 Å². The van der Waals surface area contributed by atoms with Crippen LogP contribution in [0.5, 0.6) is 0 Å². The number of nitrogens with zero attached hydrogens (tertiary/aromatic N) is 8. The molecule has 4 aromatic rings. The number of carbonyl (C=O) groups excluding carboxylic acids is 1. The van der Waals surface area contributed by atoms with Gasteiger partial charge in [0.25, 0.3) is 0 Å². The lowest BCUT2D eigenvalue weighted by molar-refractivity contribution is 0.257. The van der Waals surface area contributed by atoms with Crippen LogP contribution in [0.3, 0.4) is 0 Å². The fraction of sp³-hybridized carbons (Fsp3) is 0.176. The summed E-state index contributed by atoms with van der Waals surface area (Å²) in [5.74, 6) is 0.434. The second-order valence-electron chi connectivity index (χ2n) is 6.56. The van der Waals surface area contributed by atoms with E-state index in [2.05, 4.69) is 30.6 Å². The summed E-state index contributed by atoms with van der Waals surface area (Å²) in [7, 11) is 0. The van der Waals surface area contributed by atoms with Crippen LogP contribution in [0.2, 0.25) is 10.2 Å². The number of hydrogen-bond acceptors (Lipinski definition) is 6. The van der Waals surface area contributed by atoms with Crippen molar-refractivity contribution < 1.29 is 4.79 Å². The van der Waals surface area contributed by atoms with Gasteiger partial charge in [-0.05, 0) is 6.07 Å². The van der Waals surface area contributed by atoms with Crippen molar-refractivity contribution in [3.63, 3.8) is 0 Å². The molecule has 5 rings (SSSR count). The van der Waals surface area contributed by atoms with Crippen molar-refractivity contribution in [2.24, 2.45) is 0 Å². The predicted octanol–water partition coefficient (Wildman–Crippen LogP) is 3.17. The maximum atomic E-state index is 12.9. The summed E-state index contributed by atoms with van der Waals surface area (Å²) in [6, 6.07) is 2.96. The van der Waals surface area contributed by atoms with Crippen molar-refractivity contribution in [3.8, 4) is 5.82 Å². The summed E-state index contributed by atoms with van der Waals surface area (Å²) in [6.45, 7) is 2.50. The monoisotopic (exact) mass is 429 g/mol. The molecule has 1 aliphatic heterocycles. The zero-order valence-electron chi connectivity index (χ0n) is 15.0. The van der Waals surface area contributed by atoms with E-state index in [1.165, 1.54) is 23.4 Å². The zero-order chi connectivity index (χ0) is 20.1. The number of carbonyl (C=O) groups is 1. The molecule has 0 bridgehead atoms. The number of pyridine rings is 1. The van der Waals surface area contributed by atoms with Gasteiger partial charge in [0, 0.05) is 18.5 Å². The Morgan fingerprint density at radius 2 is 1.97 bits per heavy atom. The minimum atomic E-state index is -0.321. The highest BCUT2D eigenvalue weighted by Gasteiger charge is 2.33. The van der Waals surface area contributed by atoms with E-state index in [1.54, 1.807) is 27.7 Å². The predicted molar refractivity (Wildman–Crippen MR) is 107 cm³/mol. The summed E-state index contributed by atoms with van der Waals surface area (Å²) in [5, 5.41) is 15.8. The molecule has 0 aromatic carbocycles. The van der Waals surface area contributed by atoms with Gasteiger partial charge in [0.05, 0.1) is 46.9 Å². The van der Waals surface area contributed by atoms with Gasteiger partial charge < -0.3 is 5.32 Å². The van der Waals surface area contributed by atoms with Crippen LogP contribution in [0.25, 0.3) is 11.5 Å². The van der Waals surface area contributed by atoms with E-state index in [1.807, 2.05) is 6.92 Å². The molecule has 0 radical (unpaired) electrons. The molecule has 0 aliphatic carbocycles. The SMILES string of the molecule is CC1CN(C(=O)Nc2cnc(-n3nccn3)c(Cl)c2)c2cnc3cc(Cl)nn3c21. The number of halogens is 2. The van der Waals surface area contributed by atoms with Crippen LogP contribution in [-0.2, 0) is 0 Å². The van der Waals surface area contributed by atoms with Crippen molar-refractivity contribution in [1.29, 1.82) is 0 Å². The summed E-state index contributed by atoms with van der Waals surface area (Å²) >= 11 is 12.3. The highest BCUT2D eigenvalue weighted by Crippen LogP contribution is 2.36. The standard InChI is InChI=1S/C17H13Cl2N9O/c1-9-8-26(12-7-20-14-5-13(19)25-27(14)15(9)12)17(29)24-10-4-11(18)16(21-6-10)28-22-2-3-23-28/h2-7,9H,8H2,1H3,(H,24,29). The first-order valence-corrected chi connectivity index (χ1v) is 9.42. The van der Waals surface area contributed by atoms with E-state index in [0.717, 1.165) is 5.69 Å². The molecule has 1 unspecified atom stereocenters. The van der Waals surface area contributed by atoms with Gasteiger partial charge in [-0.1, -0.05) is 30.1 Å². The molecular formula is C17H13Cl2N9O. The molecule has 1 aliphatic rings. The molecule has 0 saturated heterocycles. The molecule has 1 N–H and O–H groups in total. The number of rotatable bonds is 2. The number of urea groups is 1. The van der Waals surface area contributed by atoms with Gasteiger partial charge in [0.2, 0.25) is 0 Å². The molecule has 12 heteroatoms. The molecule has 10 nitrogen and oxygen atoms in total. The fourth-order valence-corrected chi connectivity index (χ4v) is 3.81. The van der Waals surface area contributed by atoms with Gasteiger partial charge >= 0.3 is 6.03 Å². The molecule has 1 atom stereocenters. The van der Waals surface area contributed by atoms with Crippen molar-refractivity contribution in [1.82, 2.24) is 34.6 Å². The first-order chi connectivity index (χ1) is 14.0. The highest BCUT2D eigenvalue weighted by molar-refractivity contribution is 6.32. The molecule has 4 aromatic heterocycles. The molecule has 5 heterocycles. The molecule has 0 spiro atoms. The first kappa shape index (κ1) is 17.8. The Morgan fingerprint density at radius 3 is 2.72 bits per heavy atom. The van der Waals surface area contributed by atoms with Gasteiger partial charge in [-0.3, -0.25) is 4.90 Å². The third-order valence-corrected chi connectivity index (χ3v) is 5.07. The second kappa shape index (κ2) is 6.68. The third kappa shape index (κ3) is 2.97. The van der Waals surface area contributed by atoms with E-state index in [9.17, 15) is 4.79 Å². The van der Waals surface area contributed by atoms with Crippen LogP contribution in [-0.4, -0.2) is 47.2 Å². The smallest absolute Gasteiger partial charge is 0.306 e. The first-order valence-electron chi connectivity index (χ1n) is 8.66. The third-order valence-electron chi connectivity index (χ3n) is 4.61. The lowest BCUT2D eigenvalue weighted by Crippen LogP contribution is -2.34. The van der Waals surface area contributed by atoms with E-state index in [4.69, 9.17) is 23.2 Å². The molecule has 2 amide bonds. The average Bonchev–Trinajstić information content (AvgIpc) is 3.40. The van der Waals surface area contributed by atoms with Gasteiger partial charge in [0.15, 0.2) is 16.6 Å². The Hall–Kier alpha value is -3.24. The van der Waals surface area contributed by atoms with E-state index in [-0.39, 0.29) is 11.9 Å². The summed E-state index contributed by atoms with van der Waals surface area (Å²) in [5.41, 5.74) is 2.65. The largest absolute Gasteiger partial charge is 0.326 e. The molecule has 0 fully saturated rings. The average molecular weight is 430 g/mol. The number of hydrogen-bond donors (Lipinski definition) is 1. The number of anilines is 2. The van der Waals surface area contributed by atoms with Gasteiger partial charge in [-0.2, -0.15) is 15.3 Å². The van der Waals surface area contributed by atoms with E-state index >= 15 is 0 Å². The second-order valence-corrected chi connectivity index (χ2v) is 7.35. The van der Waals surface area contributed by atoms with Crippen LogP contribution in [0.1, 0.15) is 18.5 Å². The maximum absolute atomic E-state index is 12.9. The van der Waals surface area contributed by atoms with Crippen molar-refractivity contribution in [3.05, 3.63) is 52.8 Å². The van der Waals surface area contributed by atoms with Crippen LogP contribution in [0.15, 0.2) is 36.9 Å². The minimum absolute atomic E-state index is 0.0622. The maximum Gasteiger partial charge on any atom is 0.326 e. The van der Waals surface area contributed by atoms with Crippen LogP contribution >= 0.6 is 23.2 Å². The van der Waals surface area contributed by atoms with Crippen molar-refractivity contribution >= 4 is 46.3 Å². The number of fused-ring (bicyclic) bond motifs is 3. The fourth-order valence-electron chi connectivity index (χ4n) is 3.40. The van der Waals surface area contributed by atoms with Gasteiger partial charge in [-0.15, -0.1) is 4.80 Å². The summed E-state index contributed by atoms with van der Waals surface area (Å²) in [6.07, 6.45) is 6.20. The normalized spacial score (nSPS) is 15.7. The number of aromatic nitrogens is 7. The van der Waals surface area contributed by atoms with Gasteiger partial charge in [0.1, 0.15) is 0 Å². The Bertz CT molecular complexity index is 1240. The quantitative estimate of drug-likeness (QED) is 0.524. The van der Waals surface area contributed by atoms with Gasteiger partial charge in [-0.25, -0.2) is 19.3 Å². The van der Waals surface area contributed by atoms with E-state index in [0.29, 0.717) is 39.6 Å². The molecule has 146 valence electrons. The summed E-state index contributed by atoms with van der Waals surface area (Å²) < 4.78 is 1.68. The lowest BCUT2D eigenvalue weighted by Gasteiger charge is -2.18. The molecule has 29 heavy (non-hydrogen) atoms. The number of amides is 2. The topological polar surface area (TPSA) is 106 Å². The Labute approximate surface area is 174 Å². The Balaban J connectivity index is 1.43. The summed E-state index contributed by atoms with van der Waals surface area (Å²) in [4.78, 5) is 24.4. The molecular weight excluding hydrogens is 417 g/mol. The highest BCUT2D eigenvalue weighted by atomic mass is 35.5. The van der Waals surface area contributed by atoms with Crippen molar-refractivity contribution in [2.75, 3.05) is 16.8 Å². The van der Waals surface area contributed by atoms with E-state index < -0.39 is 0 Å².